The molecule has 0 bridgehead atoms. The van der Waals surface area contributed by atoms with Crippen LogP contribution in [0.5, 0.6) is 5.75 Å². The van der Waals surface area contributed by atoms with Crippen LogP contribution in [0, 0.1) is 0 Å². The van der Waals surface area contributed by atoms with Gasteiger partial charge in [0.15, 0.2) is 5.96 Å². The number of hydrogen-bond acceptors (Lipinski definition) is 4. The Balaban J connectivity index is 1.46. The third-order valence-electron chi connectivity index (χ3n) is 4.34. The Hall–Kier alpha value is -2.60. The summed E-state index contributed by atoms with van der Waals surface area (Å²) in [4.78, 5) is 11.2. The van der Waals surface area contributed by atoms with Gasteiger partial charge in [0.05, 0.1) is 22.3 Å². The maximum atomic E-state index is 5.21. The van der Waals surface area contributed by atoms with Crippen molar-refractivity contribution in [1.29, 1.82) is 0 Å². The van der Waals surface area contributed by atoms with Crippen molar-refractivity contribution in [3.63, 3.8) is 0 Å². The number of hydrogen-bond donors (Lipinski definition) is 1. The minimum atomic E-state index is 0.793. The van der Waals surface area contributed by atoms with Gasteiger partial charge in [-0.25, -0.2) is 4.98 Å². The molecule has 5 nitrogen and oxygen atoms in total. The van der Waals surface area contributed by atoms with Gasteiger partial charge in [-0.2, -0.15) is 0 Å². The summed E-state index contributed by atoms with van der Waals surface area (Å²) in [5.74, 6) is 1.77. The van der Waals surface area contributed by atoms with Crippen LogP contribution in [0.15, 0.2) is 53.5 Å². The molecule has 0 aliphatic heterocycles. The van der Waals surface area contributed by atoms with Crippen molar-refractivity contribution < 1.29 is 4.74 Å². The van der Waals surface area contributed by atoms with Crippen LogP contribution in [0.1, 0.15) is 17.0 Å². The number of methoxy groups -OCH3 is 1. The largest absolute Gasteiger partial charge is 0.497 e. The van der Waals surface area contributed by atoms with E-state index in [1.165, 1.54) is 15.3 Å². The van der Waals surface area contributed by atoms with E-state index in [0.717, 1.165) is 43.2 Å². The third-order valence-corrected chi connectivity index (χ3v) is 5.44. The van der Waals surface area contributed by atoms with E-state index < -0.39 is 0 Å². The molecule has 3 rings (SSSR count). The number of ether oxygens (including phenoxy) is 1. The number of aromatic nitrogens is 1. The first-order valence-corrected chi connectivity index (χ1v) is 9.90. The second kappa shape index (κ2) is 9.37. The van der Waals surface area contributed by atoms with Gasteiger partial charge in [-0.15, -0.1) is 11.3 Å². The van der Waals surface area contributed by atoms with Crippen LogP contribution < -0.4 is 10.1 Å². The second-order valence-corrected chi connectivity index (χ2v) is 7.47. The highest BCUT2D eigenvalue weighted by Crippen LogP contribution is 2.22. The Labute approximate surface area is 164 Å². The summed E-state index contributed by atoms with van der Waals surface area (Å²) in [5, 5.41) is 4.64. The molecule has 0 aliphatic carbocycles. The van der Waals surface area contributed by atoms with E-state index in [0.29, 0.717) is 0 Å². The molecule has 0 spiro atoms. The number of fused-ring (bicyclic) bond motifs is 1. The van der Waals surface area contributed by atoms with E-state index in [1.807, 2.05) is 32.3 Å². The molecule has 0 saturated heterocycles. The lowest BCUT2D eigenvalue weighted by molar-refractivity contribution is 0.414. The average molecular weight is 383 g/mol. The van der Waals surface area contributed by atoms with Crippen LogP contribution >= 0.6 is 11.3 Å². The first-order valence-electron chi connectivity index (χ1n) is 9.09. The van der Waals surface area contributed by atoms with Crippen LogP contribution in [0.2, 0.25) is 0 Å². The molecule has 1 heterocycles. The van der Waals surface area contributed by atoms with Crippen molar-refractivity contribution >= 4 is 27.5 Å². The number of guanidine groups is 1. The zero-order valence-corrected chi connectivity index (χ0v) is 16.9. The number of nitrogens with zero attached hydrogens (tertiary/aromatic N) is 3. The fourth-order valence-electron chi connectivity index (χ4n) is 2.93. The molecule has 0 unspecified atom stereocenters. The second-order valence-electron chi connectivity index (χ2n) is 6.36. The van der Waals surface area contributed by atoms with Gasteiger partial charge < -0.3 is 15.0 Å². The first kappa shape index (κ1) is 19.2. The Morgan fingerprint density at radius 1 is 1.19 bits per heavy atom. The number of para-hydroxylation sites is 1. The van der Waals surface area contributed by atoms with E-state index in [-0.39, 0.29) is 0 Å². The van der Waals surface area contributed by atoms with Gasteiger partial charge in [-0.3, -0.25) is 4.99 Å². The summed E-state index contributed by atoms with van der Waals surface area (Å²) in [7, 11) is 5.55. The molecule has 0 fully saturated rings. The van der Waals surface area contributed by atoms with E-state index >= 15 is 0 Å². The number of aryl methyl sites for hydroxylation is 1. The molecule has 1 aromatic heterocycles. The molecular weight excluding hydrogens is 356 g/mol. The highest BCUT2D eigenvalue weighted by Gasteiger charge is 2.07. The van der Waals surface area contributed by atoms with Crippen molar-refractivity contribution in [2.24, 2.45) is 4.99 Å². The van der Waals surface area contributed by atoms with E-state index in [9.17, 15) is 0 Å². The van der Waals surface area contributed by atoms with Crippen LogP contribution in [0.3, 0.4) is 0 Å². The number of rotatable bonds is 7. The molecule has 0 radical (unpaired) electrons. The summed E-state index contributed by atoms with van der Waals surface area (Å²) in [6.45, 7) is 1.66. The zero-order valence-electron chi connectivity index (χ0n) is 16.1. The molecular formula is C21H26N4OS. The quantitative estimate of drug-likeness (QED) is 0.382. The molecule has 3 aromatic rings. The predicted octanol–water partition coefficient (Wildman–Crippen LogP) is 3.94. The number of aliphatic imine (C=N–C) groups is 1. The van der Waals surface area contributed by atoms with E-state index in [4.69, 9.17) is 9.72 Å². The molecule has 6 heteroatoms. The molecule has 0 atom stereocenters. The summed E-state index contributed by atoms with van der Waals surface area (Å²) in [5.41, 5.74) is 2.32. The molecule has 2 aromatic carbocycles. The summed E-state index contributed by atoms with van der Waals surface area (Å²) < 4.78 is 6.47. The van der Waals surface area contributed by atoms with Gasteiger partial charge in [0.2, 0.25) is 0 Å². The van der Waals surface area contributed by atoms with Crippen LogP contribution in [-0.4, -0.2) is 43.6 Å². The Morgan fingerprint density at radius 2 is 1.96 bits per heavy atom. The topological polar surface area (TPSA) is 49.8 Å². The van der Waals surface area contributed by atoms with Gasteiger partial charge in [0, 0.05) is 33.6 Å². The minimum absolute atomic E-state index is 0.793. The average Bonchev–Trinajstić information content (AvgIpc) is 3.11. The standard InChI is InChI=1S/C21H26N4OS/c1-22-21(25(2)15-16-10-12-17(26-3)13-11-16)23-14-6-9-20-24-18-7-4-5-8-19(18)27-20/h4-5,7-8,10-13H,6,9,14-15H2,1-3H3,(H,22,23). The predicted molar refractivity (Wildman–Crippen MR) is 114 cm³/mol. The number of nitrogens with one attached hydrogen (secondary N) is 1. The third kappa shape index (κ3) is 5.20. The molecule has 0 aliphatic rings. The van der Waals surface area contributed by atoms with E-state index in [2.05, 4.69) is 45.5 Å². The number of benzene rings is 2. The lowest BCUT2D eigenvalue weighted by Gasteiger charge is -2.22. The Bertz CT molecular complexity index is 856. The van der Waals surface area contributed by atoms with Crippen LogP contribution in [0.4, 0.5) is 0 Å². The normalized spacial score (nSPS) is 11.6. The molecule has 27 heavy (non-hydrogen) atoms. The van der Waals surface area contributed by atoms with Crippen molar-refractivity contribution in [1.82, 2.24) is 15.2 Å². The van der Waals surface area contributed by atoms with Gasteiger partial charge in [-0.05, 0) is 36.2 Å². The van der Waals surface area contributed by atoms with Crippen LogP contribution in [0.25, 0.3) is 10.2 Å². The van der Waals surface area contributed by atoms with E-state index in [1.54, 1.807) is 18.4 Å². The molecule has 0 saturated carbocycles. The Morgan fingerprint density at radius 3 is 2.67 bits per heavy atom. The summed E-state index contributed by atoms with van der Waals surface area (Å²) >= 11 is 1.78. The SMILES string of the molecule is CN=C(NCCCc1nc2ccccc2s1)N(C)Cc1ccc(OC)cc1. The van der Waals surface area contributed by atoms with Gasteiger partial charge in [-0.1, -0.05) is 24.3 Å². The van der Waals surface area contributed by atoms with Gasteiger partial charge in [0.25, 0.3) is 0 Å². The lowest BCUT2D eigenvalue weighted by atomic mass is 10.2. The van der Waals surface area contributed by atoms with Crippen molar-refractivity contribution in [3.05, 3.63) is 59.1 Å². The molecule has 142 valence electrons. The highest BCUT2D eigenvalue weighted by atomic mass is 32.1. The van der Waals surface area contributed by atoms with Crippen molar-refractivity contribution in [2.75, 3.05) is 27.7 Å². The highest BCUT2D eigenvalue weighted by molar-refractivity contribution is 7.18. The zero-order chi connectivity index (χ0) is 19.1. The first-order chi connectivity index (χ1) is 13.2. The fraction of sp³-hybridized carbons (Fsp3) is 0.333. The summed E-state index contributed by atoms with van der Waals surface area (Å²) in [6, 6.07) is 16.4. The molecule has 1 N–H and O–H groups in total. The monoisotopic (exact) mass is 382 g/mol. The maximum Gasteiger partial charge on any atom is 0.193 e. The minimum Gasteiger partial charge on any atom is -0.497 e. The fourth-order valence-corrected chi connectivity index (χ4v) is 3.94. The van der Waals surface area contributed by atoms with Crippen molar-refractivity contribution in [2.45, 2.75) is 19.4 Å². The summed E-state index contributed by atoms with van der Waals surface area (Å²) in [6.07, 6.45) is 2.00. The van der Waals surface area contributed by atoms with Crippen LogP contribution in [-0.2, 0) is 13.0 Å². The smallest absolute Gasteiger partial charge is 0.193 e. The molecule has 0 amide bonds. The maximum absolute atomic E-state index is 5.21. The van der Waals surface area contributed by atoms with Crippen molar-refractivity contribution in [3.8, 4) is 5.75 Å². The number of thiazole rings is 1. The van der Waals surface area contributed by atoms with Gasteiger partial charge in [0.1, 0.15) is 5.75 Å². The van der Waals surface area contributed by atoms with Gasteiger partial charge >= 0.3 is 0 Å². The lowest BCUT2D eigenvalue weighted by Crippen LogP contribution is -2.39. The Kier molecular flexibility index (Phi) is 6.65.